The molecule has 0 bridgehead atoms. The molecule has 3 rings (SSSR count). The van der Waals surface area contributed by atoms with Crippen molar-refractivity contribution in [3.05, 3.63) is 41.1 Å². The lowest BCUT2D eigenvalue weighted by Crippen LogP contribution is -2.47. The Balaban J connectivity index is 1.94. The molecule has 0 N–H and O–H groups in total. The monoisotopic (exact) mass is 314 g/mol. The summed E-state index contributed by atoms with van der Waals surface area (Å²) in [5.74, 6) is 0.0302. The third-order valence-corrected chi connectivity index (χ3v) is 4.33. The highest BCUT2D eigenvalue weighted by atomic mass is 16.5. The summed E-state index contributed by atoms with van der Waals surface area (Å²) in [5.41, 5.74) is 3.41. The van der Waals surface area contributed by atoms with E-state index in [9.17, 15) is 4.79 Å². The second-order valence-electron chi connectivity index (χ2n) is 5.91. The Labute approximate surface area is 136 Å². The van der Waals surface area contributed by atoms with Crippen LogP contribution in [0.5, 0.6) is 0 Å². The molecule has 1 aromatic carbocycles. The lowest BCUT2D eigenvalue weighted by molar-refractivity contribution is -0.0531. The molecule has 1 aliphatic heterocycles. The minimum atomic E-state index is -0.0632. The Morgan fingerprint density at radius 2 is 2.17 bits per heavy atom. The largest absolute Gasteiger partial charge is 0.382 e. The highest BCUT2D eigenvalue weighted by Crippen LogP contribution is 2.24. The fourth-order valence-electron chi connectivity index (χ4n) is 3.19. The molecule has 0 spiro atoms. The lowest BCUT2D eigenvalue weighted by Gasteiger charge is -2.33. The van der Waals surface area contributed by atoms with Crippen molar-refractivity contribution in [2.75, 3.05) is 33.4 Å². The third-order valence-electron chi connectivity index (χ3n) is 4.33. The lowest BCUT2D eigenvalue weighted by atomic mass is 10.0. The van der Waals surface area contributed by atoms with Crippen molar-refractivity contribution in [2.45, 2.75) is 20.0 Å². The molecule has 0 aliphatic carbocycles. The zero-order chi connectivity index (χ0) is 16.4. The molecule has 23 heavy (non-hydrogen) atoms. The van der Waals surface area contributed by atoms with Gasteiger partial charge in [0.2, 0.25) is 0 Å². The van der Waals surface area contributed by atoms with Crippen molar-refractivity contribution in [3.63, 3.8) is 0 Å². The highest BCUT2D eigenvalue weighted by molar-refractivity contribution is 6.01. The average Bonchev–Trinajstić information content (AvgIpc) is 2.55. The molecule has 1 aromatic heterocycles. The molecule has 122 valence electrons. The van der Waals surface area contributed by atoms with Crippen LogP contribution in [0.2, 0.25) is 0 Å². The van der Waals surface area contributed by atoms with Crippen LogP contribution in [0.4, 0.5) is 0 Å². The predicted octanol–water partition coefficient (Wildman–Crippen LogP) is 2.34. The maximum absolute atomic E-state index is 13.0. The number of methoxy groups -OCH3 is 1. The van der Waals surface area contributed by atoms with E-state index in [0.29, 0.717) is 31.9 Å². The summed E-state index contributed by atoms with van der Waals surface area (Å²) in [6, 6.07) is 7.94. The molecule has 1 fully saturated rings. The van der Waals surface area contributed by atoms with E-state index in [1.54, 1.807) is 7.11 Å². The number of para-hydroxylation sites is 1. The third kappa shape index (κ3) is 3.07. The second-order valence-corrected chi connectivity index (χ2v) is 5.91. The molecular formula is C18H22N2O3. The molecule has 1 aliphatic rings. The molecular weight excluding hydrogens is 292 g/mol. The number of carbonyl (C=O) groups is 1. The van der Waals surface area contributed by atoms with E-state index >= 15 is 0 Å². The van der Waals surface area contributed by atoms with E-state index in [2.05, 4.69) is 4.98 Å². The van der Waals surface area contributed by atoms with Gasteiger partial charge in [0, 0.05) is 25.6 Å². The van der Waals surface area contributed by atoms with Crippen LogP contribution in [0.25, 0.3) is 10.9 Å². The first kappa shape index (κ1) is 15.9. The fraction of sp³-hybridized carbons (Fsp3) is 0.444. The van der Waals surface area contributed by atoms with Gasteiger partial charge in [-0.05, 0) is 25.5 Å². The van der Waals surface area contributed by atoms with Gasteiger partial charge in [0.15, 0.2) is 0 Å². The van der Waals surface area contributed by atoms with Crippen molar-refractivity contribution in [2.24, 2.45) is 0 Å². The van der Waals surface area contributed by atoms with E-state index in [-0.39, 0.29) is 12.0 Å². The molecule has 0 saturated carbocycles. The number of aromatic nitrogens is 1. The Morgan fingerprint density at radius 3 is 2.96 bits per heavy atom. The Bertz CT molecular complexity index is 728. The van der Waals surface area contributed by atoms with Crippen LogP contribution in [0.15, 0.2) is 24.3 Å². The number of pyridine rings is 1. The van der Waals surface area contributed by atoms with Crippen molar-refractivity contribution in [3.8, 4) is 0 Å². The number of ether oxygens (including phenoxy) is 2. The molecule has 0 radical (unpaired) electrons. The van der Waals surface area contributed by atoms with E-state index in [1.165, 1.54) is 0 Å². The van der Waals surface area contributed by atoms with Gasteiger partial charge in [-0.3, -0.25) is 9.78 Å². The molecule has 2 aromatic rings. The van der Waals surface area contributed by atoms with Gasteiger partial charge in [0.05, 0.1) is 36.1 Å². The normalized spacial score (nSPS) is 18.4. The molecule has 1 saturated heterocycles. The van der Waals surface area contributed by atoms with Crippen molar-refractivity contribution < 1.29 is 14.3 Å². The van der Waals surface area contributed by atoms with Crippen molar-refractivity contribution >= 4 is 16.8 Å². The summed E-state index contributed by atoms with van der Waals surface area (Å²) >= 11 is 0. The van der Waals surface area contributed by atoms with Gasteiger partial charge in [-0.2, -0.15) is 0 Å². The highest BCUT2D eigenvalue weighted by Gasteiger charge is 2.27. The summed E-state index contributed by atoms with van der Waals surface area (Å²) < 4.78 is 10.8. The zero-order valence-corrected chi connectivity index (χ0v) is 13.8. The number of carbonyl (C=O) groups excluding carboxylic acids is 1. The van der Waals surface area contributed by atoms with Crippen LogP contribution < -0.4 is 0 Å². The number of amides is 1. The fourth-order valence-corrected chi connectivity index (χ4v) is 3.19. The molecule has 5 heteroatoms. The molecule has 2 heterocycles. The van der Waals surface area contributed by atoms with E-state index < -0.39 is 0 Å². The minimum Gasteiger partial charge on any atom is -0.382 e. The topological polar surface area (TPSA) is 51.7 Å². The van der Waals surface area contributed by atoms with Gasteiger partial charge < -0.3 is 14.4 Å². The van der Waals surface area contributed by atoms with E-state index in [4.69, 9.17) is 9.47 Å². The van der Waals surface area contributed by atoms with Gasteiger partial charge >= 0.3 is 0 Å². The van der Waals surface area contributed by atoms with Crippen LogP contribution >= 0.6 is 0 Å². The Hall–Kier alpha value is -1.98. The molecule has 1 unspecified atom stereocenters. The van der Waals surface area contributed by atoms with Crippen molar-refractivity contribution in [1.29, 1.82) is 0 Å². The van der Waals surface area contributed by atoms with Crippen molar-refractivity contribution in [1.82, 2.24) is 9.88 Å². The van der Waals surface area contributed by atoms with Gasteiger partial charge in [-0.15, -0.1) is 0 Å². The average molecular weight is 314 g/mol. The predicted molar refractivity (Wildman–Crippen MR) is 88.7 cm³/mol. The number of benzene rings is 1. The smallest absolute Gasteiger partial charge is 0.256 e. The molecule has 1 amide bonds. The molecule has 5 nitrogen and oxygen atoms in total. The van der Waals surface area contributed by atoms with Crippen LogP contribution in [0, 0.1) is 13.8 Å². The number of hydrogen-bond donors (Lipinski definition) is 0. The number of fused-ring (bicyclic) bond motifs is 1. The summed E-state index contributed by atoms with van der Waals surface area (Å²) in [6.07, 6.45) is -0.0632. The van der Waals surface area contributed by atoms with Gasteiger partial charge in [-0.25, -0.2) is 0 Å². The number of rotatable bonds is 3. The zero-order valence-electron chi connectivity index (χ0n) is 13.8. The summed E-state index contributed by atoms with van der Waals surface area (Å²) in [4.78, 5) is 19.5. The van der Waals surface area contributed by atoms with E-state index in [1.807, 2.05) is 43.0 Å². The number of aryl methyl sites for hydroxylation is 2. The molecule has 1 atom stereocenters. The summed E-state index contributed by atoms with van der Waals surface area (Å²) in [5, 5.41) is 1.03. The minimum absolute atomic E-state index is 0.0302. The SMILES string of the molecule is COCC1CN(C(=O)c2c(C)nc3ccccc3c2C)CCO1. The van der Waals surface area contributed by atoms with Crippen LogP contribution in [-0.2, 0) is 9.47 Å². The van der Waals surface area contributed by atoms with Crippen LogP contribution in [0.1, 0.15) is 21.6 Å². The Kier molecular flexibility index (Phi) is 4.59. The second kappa shape index (κ2) is 6.64. The van der Waals surface area contributed by atoms with Gasteiger partial charge in [-0.1, -0.05) is 18.2 Å². The number of nitrogens with zero attached hydrogens (tertiary/aromatic N) is 2. The maximum atomic E-state index is 13.0. The quantitative estimate of drug-likeness (QED) is 0.872. The van der Waals surface area contributed by atoms with Crippen LogP contribution in [0.3, 0.4) is 0 Å². The first-order chi connectivity index (χ1) is 11.1. The van der Waals surface area contributed by atoms with Gasteiger partial charge in [0.1, 0.15) is 0 Å². The first-order valence-electron chi connectivity index (χ1n) is 7.87. The number of hydrogen-bond acceptors (Lipinski definition) is 4. The standard InChI is InChI=1S/C18H22N2O3/c1-12-15-6-4-5-7-16(15)19-13(2)17(12)18(21)20-8-9-23-14(10-20)11-22-3/h4-7,14H,8-11H2,1-3H3. The summed E-state index contributed by atoms with van der Waals surface area (Å²) in [6.45, 7) is 6.09. The van der Waals surface area contributed by atoms with E-state index in [0.717, 1.165) is 22.2 Å². The first-order valence-corrected chi connectivity index (χ1v) is 7.87. The number of morpholine rings is 1. The van der Waals surface area contributed by atoms with Gasteiger partial charge in [0.25, 0.3) is 5.91 Å². The Morgan fingerprint density at radius 1 is 1.39 bits per heavy atom. The summed E-state index contributed by atoms with van der Waals surface area (Å²) in [7, 11) is 1.64. The maximum Gasteiger partial charge on any atom is 0.256 e. The van der Waals surface area contributed by atoms with Crippen LogP contribution in [-0.4, -0.2) is 55.3 Å².